The molecule has 0 unspecified atom stereocenters. The number of aliphatic hydroxyl groups excluding tert-OH is 2. The van der Waals surface area contributed by atoms with Gasteiger partial charge in [0.1, 0.15) is 0 Å². The number of nitrogens with zero attached hydrogens (tertiary/aromatic N) is 4. The molecular formula is C52H62N6O6. The van der Waals surface area contributed by atoms with Crippen LogP contribution in [-0.4, -0.2) is 79.3 Å². The number of hydrogen-bond acceptors (Lipinski definition) is 8. The van der Waals surface area contributed by atoms with E-state index in [0.29, 0.717) is 62.2 Å². The number of hydrogen-bond donors (Lipinski definition) is 4. The van der Waals surface area contributed by atoms with Gasteiger partial charge in [0.2, 0.25) is 11.8 Å². The van der Waals surface area contributed by atoms with Crippen LogP contribution in [0, 0.1) is 35.5 Å². The Labute approximate surface area is 375 Å². The van der Waals surface area contributed by atoms with Crippen LogP contribution in [0.15, 0.2) is 107 Å². The van der Waals surface area contributed by atoms with E-state index in [4.69, 9.17) is 0 Å². The van der Waals surface area contributed by atoms with Crippen molar-refractivity contribution in [1.29, 1.82) is 0 Å². The largest absolute Gasteiger partial charge is 0.396 e. The van der Waals surface area contributed by atoms with Gasteiger partial charge in [-0.1, -0.05) is 85.0 Å². The second kappa shape index (κ2) is 19.0. The minimum atomic E-state index is -0.409. The lowest BCUT2D eigenvalue weighted by Gasteiger charge is -2.31. The molecule has 4 fully saturated rings. The van der Waals surface area contributed by atoms with Gasteiger partial charge in [-0.25, -0.2) is 0 Å². The number of aromatic nitrogens is 2. The lowest BCUT2D eigenvalue weighted by atomic mass is 9.88. The van der Waals surface area contributed by atoms with Crippen LogP contribution in [0.25, 0.3) is 12.2 Å². The van der Waals surface area contributed by atoms with Gasteiger partial charge < -0.3 is 30.0 Å². The molecule has 0 radical (unpaired) electrons. The first-order valence-corrected chi connectivity index (χ1v) is 23.3. The number of carbonyl (C=O) groups is 2. The van der Waals surface area contributed by atoms with Gasteiger partial charge in [-0.05, 0) is 86.8 Å². The Morgan fingerprint density at radius 2 is 0.984 bits per heavy atom. The summed E-state index contributed by atoms with van der Waals surface area (Å²) in [5, 5.41) is 27.1. The molecule has 10 rings (SSSR count). The lowest BCUT2D eigenvalue weighted by Crippen LogP contribution is -2.48. The predicted molar refractivity (Wildman–Crippen MR) is 247 cm³/mol. The topological polar surface area (TPSA) is 149 Å². The third kappa shape index (κ3) is 8.60. The van der Waals surface area contributed by atoms with E-state index >= 15 is 0 Å². The summed E-state index contributed by atoms with van der Waals surface area (Å²) in [7, 11) is 0. The first kappa shape index (κ1) is 43.8. The highest BCUT2D eigenvalue weighted by molar-refractivity contribution is 5.83. The van der Waals surface area contributed by atoms with Crippen LogP contribution in [0.4, 0.5) is 0 Å². The van der Waals surface area contributed by atoms with E-state index in [-0.39, 0.29) is 71.9 Å². The second-order valence-corrected chi connectivity index (χ2v) is 18.8. The summed E-state index contributed by atoms with van der Waals surface area (Å²) >= 11 is 0. The van der Waals surface area contributed by atoms with Crippen molar-refractivity contribution >= 4 is 24.0 Å². The molecule has 8 atom stereocenters. The number of pyridine rings is 2. The third-order valence-electron chi connectivity index (χ3n) is 14.6. The van der Waals surface area contributed by atoms with Crippen molar-refractivity contribution in [3.8, 4) is 0 Å². The van der Waals surface area contributed by atoms with Crippen LogP contribution >= 0.6 is 0 Å². The van der Waals surface area contributed by atoms with Gasteiger partial charge in [0, 0.05) is 98.7 Å². The fourth-order valence-electron chi connectivity index (χ4n) is 11.1. The Morgan fingerprint density at radius 1 is 0.594 bits per heavy atom. The summed E-state index contributed by atoms with van der Waals surface area (Å²) in [6.45, 7) is 7.36. The van der Waals surface area contributed by atoms with E-state index in [1.54, 1.807) is 0 Å². The maximum Gasteiger partial charge on any atom is 0.258 e. The first-order chi connectivity index (χ1) is 31.2. The minimum absolute atomic E-state index is 0.000662. The van der Waals surface area contributed by atoms with Crippen molar-refractivity contribution in [2.45, 2.75) is 89.9 Å². The predicted octanol–water partition coefficient (Wildman–Crippen LogP) is 5.14. The van der Waals surface area contributed by atoms with Gasteiger partial charge in [-0.3, -0.25) is 29.0 Å². The minimum Gasteiger partial charge on any atom is -0.396 e. The van der Waals surface area contributed by atoms with Crippen LogP contribution < -0.4 is 21.8 Å². The molecule has 336 valence electrons. The molecule has 12 heteroatoms. The summed E-state index contributed by atoms with van der Waals surface area (Å²) < 4.78 is 3.70. The molecule has 0 spiro atoms. The van der Waals surface area contributed by atoms with Crippen LogP contribution in [0.3, 0.4) is 0 Å². The molecule has 2 aromatic heterocycles. The molecule has 4 N–H and O–H groups in total. The molecule has 0 bridgehead atoms. The first-order valence-electron chi connectivity index (χ1n) is 23.3. The van der Waals surface area contributed by atoms with Crippen molar-refractivity contribution < 1.29 is 19.8 Å². The van der Waals surface area contributed by atoms with Gasteiger partial charge in [0.15, 0.2) is 0 Å². The summed E-state index contributed by atoms with van der Waals surface area (Å²) in [4.78, 5) is 57.3. The highest BCUT2D eigenvalue weighted by atomic mass is 16.3. The van der Waals surface area contributed by atoms with Gasteiger partial charge >= 0.3 is 0 Å². The Kier molecular flexibility index (Phi) is 13.0. The number of likely N-dealkylation sites (tertiary alicyclic amines) is 2. The summed E-state index contributed by atoms with van der Waals surface area (Å²) in [6, 6.07) is 27.1. The van der Waals surface area contributed by atoms with Crippen LogP contribution in [0.5, 0.6) is 0 Å². The fourth-order valence-corrected chi connectivity index (χ4v) is 11.1. The fraction of sp³-hybridized carbons (Fsp3) is 0.462. The maximum atomic E-state index is 13.4. The van der Waals surface area contributed by atoms with E-state index in [1.165, 1.54) is 25.7 Å². The maximum absolute atomic E-state index is 13.4. The Morgan fingerprint density at radius 3 is 1.33 bits per heavy atom. The van der Waals surface area contributed by atoms with Crippen molar-refractivity contribution in [2.75, 3.05) is 26.3 Å². The molecule has 2 saturated heterocycles. The number of fused-ring (bicyclic) bond motifs is 6. The quantitative estimate of drug-likeness (QED) is 0.136. The summed E-state index contributed by atoms with van der Waals surface area (Å²) in [5.74, 6) is 0.808. The van der Waals surface area contributed by atoms with E-state index < -0.39 is 12.1 Å². The zero-order valence-corrected chi connectivity index (χ0v) is 37.0. The molecule has 4 aromatic rings. The molecule has 2 saturated carbocycles. The van der Waals surface area contributed by atoms with E-state index in [1.807, 2.05) is 108 Å². The van der Waals surface area contributed by atoms with Gasteiger partial charge in [-0.15, -0.1) is 0 Å². The Hall–Kier alpha value is -5.40. The summed E-state index contributed by atoms with van der Waals surface area (Å²) in [6.07, 6.45) is 12.1. The summed E-state index contributed by atoms with van der Waals surface area (Å²) in [5.41, 5.74) is 5.48. The highest BCUT2D eigenvalue weighted by Gasteiger charge is 2.57. The molecular weight excluding hydrogens is 805 g/mol. The molecule has 64 heavy (non-hydrogen) atoms. The zero-order chi connectivity index (χ0) is 44.5. The van der Waals surface area contributed by atoms with Crippen molar-refractivity contribution in [3.63, 3.8) is 0 Å². The van der Waals surface area contributed by atoms with E-state index in [9.17, 15) is 29.4 Å². The third-order valence-corrected chi connectivity index (χ3v) is 14.6. The molecule has 4 aliphatic heterocycles. The average Bonchev–Trinajstić information content (AvgIpc) is 4.20. The molecule has 2 aliphatic carbocycles. The average molecular weight is 867 g/mol. The molecule has 2 aromatic carbocycles. The van der Waals surface area contributed by atoms with Crippen LogP contribution in [0.1, 0.15) is 85.3 Å². The van der Waals surface area contributed by atoms with Crippen LogP contribution in [0.2, 0.25) is 0 Å². The smallest absolute Gasteiger partial charge is 0.258 e. The van der Waals surface area contributed by atoms with Gasteiger partial charge in [-0.2, -0.15) is 0 Å². The van der Waals surface area contributed by atoms with E-state index in [0.717, 1.165) is 22.5 Å². The molecule has 6 heterocycles. The number of carbonyl (C=O) groups excluding carboxylic acids is 2. The molecule has 2 amide bonds. The van der Waals surface area contributed by atoms with Crippen molar-refractivity contribution in [3.05, 3.63) is 151 Å². The van der Waals surface area contributed by atoms with Gasteiger partial charge in [0.05, 0.1) is 24.2 Å². The van der Waals surface area contributed by atoms with Crippen molar-refractivity contribution in [1.82, 2.24) is 29.6 Å². The Balaban J connectivity index is 0.000000162. The zero-order valence-electron chi connectivity index (χ0n) is 37.0. The SMILES string of the molecule is C/C=C/c1ccc2n(c1=O)C[C@H]1[C@H](CO)[C@@H](C(=O)NCC3CC3)N(Cc3ccccc3)[C@@H]21.C/C=C\c1ccc2n(c1=O)C[C@H]1[C@H](CO)[C@@H](C(=O)NCC3CC3)N(Cc3ccccc3)[C@@H]21. The number of nitrogens with one attached hydrogen (secondary N) is 2. The number of benzene rings is 2. The Bertz CT molecular complexity index is 2320. The monoisotopic (exact) mass is 866 g/mol. The number of aliphatic hydroxyl groups is 2. The number of amides is 2. The normalized spacial score (nSPS) is 26.9. The van der Waals surface area contributed by atoms with Crippen molar-refractivity contribution in [2.24, 2.45) is 35.5 Å². The number of rotatable bonds is 14. The molecule has 12 nitrogen and oxygen atoms in total. The lowest BCUT2D eigenvalue weighted by molar-refractivity contribution is -0.128. The standard InChI is InChI=1S/2C26H31N3O3/c2*1-2-6-19-11-12-22-23-20(15-28(22)26(19)32)21(16-30)24(25(31)27-13-17-9-10-17)29(23)14-18-7-4-3-5-8-18/h2*2-8,11-12,17,20-21,23-24,30H,9-10,13-16H2,1H3,(H,27,31)/b6-2+;6-2-/t2*20-,21-,23+,24-/m00/s1. The van der Waals surface area contributed by atoms with E-state index in [2.05, 4.69) is 44.7 Å². The highest BCUT2D eigenvalue weighted by Crippen LogP contribution is 2.51. The van der Waals surface area contributed by atoms with Gasteiger partial charge in [0.25, 0.3) is 11.1 Å². The molecule has 6 aliphatic rings. The number of allylic oxidation sites excluding steroid dienone is 2. The van der Waals surface area contributed by atoms with Crippen LogP contribution in [-0.2, 0) is 35.8 Å². The second-order valence-electron chi connectivity index (χ2n) is 18.8.